The molecule has 1 fully saturated rings. The number of amides is 1. The van der Waals surface area contributed by atoms with Gasteiger partial charge in [0.1, 0.15) is 5.75 Å². The molecule has 1 aliphatic heterocycles. The van der Waals surface area contributed by atoms with Crippen LogP contribution in [0.4, 0.5) is 0 Å². The molecule has 34 heavy (non-hydrogen) atoms. The molecule has 5 nitrogen and oxygen atoms in total. The highest BCUT2D eigenvalue weighted by atomic mass is 16.5. The number of benzene rings is 3. The van der Waals surface area contributed by atoms with Crippen molar-refractivity contribution in [1.82, 2.24) is 14.8 Å². The molecule has 0 saturated carbocycles. The van der Waals surface area contributed by atoms with Crippen LogP contribution in [-0.2, 0) is 11.2 Å². The van der Waals surface area contributed by atoms with Crippen LogP contribution in [0.2, 0.25) is 0 Å². The molecule has 1 aromatic heterocycles. The number of piperazine rings is 1. The third-order valence-corrected chi connectivity index (χ3v) is 6.86. The van der Waals surface area contributed by atoms with Crippen molar-refractivity contribution >= 4 is 16.8 Å². The molecule has 1 aliphatic rings. The van der Waals surface area contributed by atoms with Crippen LogP contribution in [0.3, 0.4) is 0 Å². The first kappa shape index (κ1) is 22.2. The predicted molar refractivity (Wildman–Crippen MR) is 136 cm³/mol. The summed E-state index contributed by atoms with van der Waals surface area (Å²) in [5, 5.41) is 1.21. The van der Waals surface area contributed by atoms with Crippen LogP contribution in [0.5, 0.6) is 5.75 Å². The van der Waals surface area contributed by atoms with Gasteiger partial charge in [0.15, 0.2) is 0 Å². The van der Waals surface area contributed by atoms with E-state index in [1.165, 1.54) is 22.1 Å². The number of aromatic nitrogens is 1. The molecule has 1 unspecified atom stereocenters. The van der Waals surface area contributed by atoms with Gasteiger partial charge in [-0.25, -0.2) is 0 Å². The topological polar surface area (TPSA) is 48.6 Å². The van der Waals surface area contributed by atoms with Crippen LogP contribution in [-0.4, -0.2) is 54.0 Å². The summed E-state index contributed by atoms with van der Waals surface area (Å²) in [6, 6.07) is 27.4. The number of hydrogen-bond acceptors (Lipinski definition) is 3. The molecule has 0 aliphatic carbocycles. The van der Waals surface area contributed by atoms with Gasteiger partial charge in [0, 0.05) is 49.7 Å². The highest BCUT2D eigenvalue weighted by Crippen LogP contribution is 2.31. The molecule has 4 aromatic rings. The molecule has 5 heteroatoms. The Labute approximate surface area is 201 Å². The molecule has 1 amide bonds. The first-order valence-electron chi connectivity index (χ1n) is 12.0. The monoisotopic (exact) mass is 453 g/mol. The maximum absolute atomic E-state index is 13.0. The Morgan fingerprint density at radius 3 is 2.29 bits per heavy atom. The number of H-pyrrole nitrogens is 1. The van der Waals surface area contributed by atoms with Crippen molar-refractivity contribution in [2.75, 3.05) is 33.3 Å². The number of para-hydroxylation sites is 1. The molecule has 1 saturated heterocycles. The fourth-order valence-corrected chi connectivity index (χ4v) is 5.00. The molecular weight excluding hydrogens is 422 g/mol. The Morgan fingerprint density at radius 1 is 0.882 bits per heavy atom. The lowest BCUT2D eigenvalue weighted by Crippen LogP contribution is -2.49. The number of methoxy groups -OCH3 is 1. The van der Waals surface area contributed by atoms with Gasteiger partial charge in [0.05, 0.1) is 13.2 Å². The SMILES string of the molecule is COc1ccc(C(c2ccccc2)N2CCN(C(=O)CCc3c[nH]c4ccccc34)CC2)cc1. The number of rotatable bonds is 7. The Kier molecular flexibility index (Phi) is 6.63. The number of carbonyl (C=O) groups excluding carboxylic acids is 1. The lowest BCUT2D eigenvalue weighted by Gasteiger charge is -2.40. The molecule has 174 valence electrons. The van der Waals surface area contributed by atoms with E-state index in [-0.39, 0.29) is 11.9 Å². The third-order valence-electron chi connectivity index (χ3n) is 6.86. The number of carbonyl (C=O) groups is 1. The highest BCUT2D eigenvalue weighted by Gasteiger charge is 2.28. The van der Waals surface area contributed by atoms with Crippen molar-refractivity contribution in [3.63, 3.8) is 0 Å². The summed E-state index contributed by atoms with van der Waals surface area (Å²) in [5.74, 6) is 1.10. The Balaban J connectivity index is 1.24. The van der Waals surface area contributed by atoms with Crippen LogP contribution >= 0.6 is 0 Å². The molecule has 1 atom stereocenters. The summed E-state index contributed by atoms with van der Waals surface area (Å²) in [4.78, 5) is 20.8. The zero-order valence-electron chi connectivity index (χ0n) is 19.6. The zero-order valence-corrected chi connectivity index (χ0v) is 19.6. The summed E-state index contributed by atoms with van der Waals surface area (Å²) in [6.07, 6.45) is 3.35. The average Bonchev–Trinajstić information content (AvgIpc) is 3.32. The van der Waals surface area contributed by atoms with Crippen molar-refractivity contribution in [2.24, 2.45) is 0 Å². The number of ether oxygens (including phenoxy) is 1. The zero-order chi connectivity index (χ0) is 23.3. The lowest BCUT2D eigenvalue weighted by molar-refractivity contribution is -0.133. The van der Waals surface area contributed by atoms with Gasteiger partial charge >= 0.3 is 0 Å². The third kappa shape index (κ3) is 4.70. The minimum Gasteiger partial charge on any atom is -0.497 e. The molecular formula is C29H31N3O2. The lowest BCUT2D eigenvalue weighted by atomic mass is 9.96. The van der Waals surface area contributed by atoms with Crippen LogP contribution in [0.15, 0.2) is 85.1 Å². The second-order valence-electron chi connectivity index (χ2n) is 8.86. The molecule has 2 heterocycles. The van der Waals surface area contributed by atoms with Gasteiger partial charge in [-0.2, -0.15) is 0 Å². The van der Waals surface area contributed by atoms with Crippen molar-refractivity contribution in [2.45, 2.75) is 18.9 Å². The van der Waals surface area contributed by atoms with E-state index in [0.717, 1.165) is 43.9 Å². The highest BCUT2D eigenvalue weighted by molar-refractivity contribution is 5.84. The van der Waals surface area contributed by atoms with Crippen molar-refractivity contribution in [1.29, 1.82) is 0 Å². The minimum absolute atomic E-state index is 0.163. The van der Waals surface area contributed by atoms with Crippen LogP contribution in [0.1, 0.15) is 29.2 Å². The smallest absolute Gasteiger partial charge is 0.222 e. The normalized spacial score (nSPS) is 15.4. The average molecular weight is 454 g/mol. The second kappa shape index (κ2) is 10.1. The molecule has 3 aromatic carbocycles. The predicted octanol–water partition coefficient (Wildman–Crippen LogP) is 5.04. The maximum atomic E-state index is 13.0. The number of fused-ring (bicyclic) bond motifs is 1. The number of nitrogens with one attached hydrogen (secondary N) is 1. The van der Waals surface area contributed by atoms with Crippen LogP contribution < -0.4 is 4.74 Å². The summed E-state index contributed by atoms with van der Waals surface area (Å²) < 4.78 is 5.35. The molecule has 0 bridgehead atoms. The van der Waals surface area contributed by atoms with E-state index in [1.54, 1.807) is 7.11 Å². The number of hydrogen-bond donors (Lipinski definition) is 1. The van der Waals surface area contributed by atoms with Gasteiger partial charge in [-0.3, -0.25) is 9.69 Å². The molecule has 1 N–H and O–H groups in total. The van der Waals surface area contributed by atoms with Gasteiger partial charge in [0.25, 0.3) is 0 Å². The molecule has 5 rings (SSSR count). The minimum atomic E-state index is 0.163. The van der Waals surface area contributed by atoms with E-state index in [0.29, 0.717) is 6.42 Å². The fraction of sp³-hybridized carbons (Fsp3) is 0.276. The first-order chi connectivity index (χ1) is 16.7. The number of aromatic amines is 1. The van der Waals surface area contributed by atoms with Gasteiger partial charge in [0.2, 0.25) is 5.91 Å². The van der Waals surface area contributed by atoms with E-state index in [9.17, 15) is 4.79 Å². The van der Waals surface area contributed by atoms with Gasteiger partial charge in [-0.1, -0.05) is 60.7 Å². The second-order valence-corrected chi connectivity index (χ2v) is 8.86. The standard InChI is InChI=1S/C29H31N3O2/c1-34-25-14-11-23(12-15-25)29(22-7-3-2-4-8-22)32-19-17-31(18-20-32)28(33)16-13-24-21-30-27-10-6-5-9-26(24)27/h2-12,14-15,21,29-30H,13,16-20H2,1H3. The summed E-state index contributed by atoms with van der Waals surface area (Å²) >= 11 is 0. The maximum Gasteiger partial charge on any atom is 0.222 e. The largest absolute Gasteiger partial charge is 0.497 e. The molecule has 0 radical (unpaired) electrons. The van der Waals surface area contributed by atoms with Crippen LogP contribution in [0.25, 0.3) is 10.9 Å². The van der Waals surface area contributed by atoms with Gasteiger partial charge < -0.3 is 14.6 Å². The van der Waals surface area contributed by atoms with Gasteiger partial charge in [-0.05, 0) is 41.3 Å². The first-order valence-corrected chi connectivity index (χ1v) is 12.0. The van der Waals surface area contributed by atoms with Crippen molar-refractivity contribution in [3.8, 4) is 5.75 Å². The van der Waals surface area contributed by atoms with E-state index in [1.807, 2.05) is 35.4 Å². The Hall–Kier alpha value is -3.57. The number of nitrogens with zero attached hydrogens (tertiary/aromatic N) is 2. The molecule has 0 spiro atoms. The van der Waals surface area contributed by atoms with E-state index >= 15 is 0 Å². The fourth-order valence-electron chi connectivity index (χ4n) is 5.00. The van der Waals surface area contributed by atoms with E-state index in [4.69, 9.17) is 4.74 Å². The Bertz CT molecular complexity index is 1230. The van der Waals surface area contributed by atoms with E-state index < -0.39 is 0 Å². The van der Waals surface area contributed by atoms with E-state index in [2.05, 4.69) is 64.5 Å². The van der Waals surface area contributed by atoms with Crippen molar-refractivity contribution in [3.05, 3.63) is 102 Å². The quantitative estimate of drug-likeness (QED) is 0.426. The summed E-state index contributed by atoms with van der Waals surface area (Å²) in [5.41, 5.74) is 4.85. The van der Waals surface area contributed by atoms with Crippen molar-refractivity contribution < 1.29 is 9.53 Å². The summed E-state index contributed by atoms with van der Waals surface area (Å²) in [7, 11) is 1.69. The summed E-state index contributed by atoms with van der Waals surface area (Å²) in [6.45, 7) is 3.22. The van der Waals surface area contributed by atoms with Crippen LogP contribution in [0, 0.1) is 0 Å². The number of aryl methyl sites for hydroxylation is 1. The Morgan fingerprint density at radius 2 is 1.56 bits per heavy atom. The van der Waals surface area contributed by atoms with Gasteiger partial charge in [-0.15, -0.1) is 0 Å².